The highest BCUT2D eigenvalue weighted by Gasteiger charge is 2.41. The molecule has 2 aliphatic heterocycles. The minimum absolute atomic E-state index is 0.298. The fourth-order valence-electron chi connectivity index (χ4n) is 2.57. The van der Waals surface area contributed by atoms with Crippen LogP contribution >= 0.6 is 0 Å². The van der Waals surface area contributed by atoms with E-state index in [2.05, 4.69) is 10.6 Å². The topological polar surface area (TPSA) is 96.9 Å². The van der Waals surface area contributed by atoms with E-state index in [0.29, 0.717) is 38.5 Å². The number of aliphatic carboxylic acids is 1. The van der Waals surface area contributed by atoms with E-state index in [1.165, 1.54) is 0 Å². The summed E-state index contributed by atoms with van der Waals surface area (Å²) in [5, 5.41) is 14.6. The molecular weight excluding hydrogens is 264 g/mol. The second-order valence-corrected chi connectivity index (χ2v) is 5.40. The van der Waals surface area contributed by atoms with Gasteiger partial charge in [0.2, 0.25) is 0 Å². The number of carbonyl (C=O) groups is 2. The summed E-state index contributed by atoms with van der Waals surface area (Å²) in [6.45, 7) is 2.78. The van der Waals surface area contributed by atoms with Gasteiger partial charge in [0.05, 0.1) is 0 Å². The van der Waals surface area contributed by atoms with Gasteiger partial charge in [-0.3, -0.25) is 0 Å². The van der Waals surface area contributed by atoms with Crippen molar-refractivity contribution in [3.8, 4) is 0 Å². The van der Waals surface area contributed by atoms with Gasteiger partial charge in [-0.15, -0.1) is 0 Å². The lowest BCUT2D eigenvalue weighted by Crippen LogP contribution is -2.59. The number of carboxylic acid groups (broad SMARTS) is 1. The normalized spacial score (nSPS) is 25.1. The Bertz CT molecular complexity index is 349. The zero-order valence-electron chi connectivity index (χ0n) is 11.5. The molecule has 0 aliphatic carbocycles. The second kappa shape index (κ2) is 6.90. The van der Waals surface area contributed by atoms with Crippen molar-refractivity contribution in [1.29, 1.82) is 0 Å². The number of nitrogens with one attached hydrogen (secondary N) is 2. The first-order valence-electron chi connectivity index (χ1n) is 7.07. The number of urea groups is 1. The van der Waals surface area contributed by atoms with Crippen LogP contribution in [0.2, 0.25) is 0 Å². The van der Waals surface area contributed by atoms with Crippen molar-refractivity contribution in [2.75, 3.05) is 33.0 Å². The Labute approximate surface area is 118 Å². The molecule has 2 aliphatic rings. The molecule has 114 valence electrons. The largest absolute Gasteiger partial charge is 0.480 e. The third-order valence-corrected chi connectivity index (χ3v) is 3.97. The molecule has 1 unspecified atom stereocenters. The molecule has 2 saturated heterocycles. The molecule has 2 rings (SSSR count). The molecule has 20 heavy (non-hydrogen) atoms. The van der Waals surface area contributed by atoms with Crippen LogP contribution in [0.25, 0.3) is 0 Å². The fraction of sp³-hybridized carbons (Fsp3) is 0.846. The maximum atomic E-state index is 11.8. The fourth-order valence-corrected chi connectivity index (χ4v) is 2.57. The smallest absolute Gasteiger partial charge is 0.329 e. The van der Waals surface area contributed by atoms with Crippen LogP contribution in [0.3, 0.4) is 0 Å². The molecular formula is C13H22N2O5. The van der Waals surface area contributed by atoms with Crippen LogP contribution in [-0.4, -0.2) is 55.6 Å². The van der Waals surface area contributed by atoms with Crippen LogP contribution in [-0.2, 0) is 14.3 Å². The second-order valence-electron chi connectivity index (χ2n) is 5.40. The van der Waals surface area contributed by atoms with Crippen LogP contribution in [0.15, 0.2) is 0 Å². The Morgan fingerprint density at radius 1 is 1.20 bits per heavy atom. The summed E-state index contributed by atoms with van der Waals surface area (Å²) in [4.78, 5) is 23.2. The summed E-state index contributed by atoms with van der Waals surface area (Å²) in [7, 11) is 0. The quantitative estimate of drug-likeness (QED) is 0.677. The van der Waals surface area contributed by atoms with Crippen LogP contribution in [0, 0.1) is 5.92 Å². The van der Waals surface area contributed by atoms with Gasteiger partial charge in [0.1, 0.15) is 5.54 Å². The van der Waals surface area contributed by atoms with Gasteiger partial charge in [-0.25, -0.2) is 9.59 Å². The van der Waals surface area contributed by atoms with E-state index in [1.54, 1.807) is 0 Å². The van der Waals surface area contributed by atoms with Crippen LogP contribution in [0.1, 0.15) is 25.7 Å². The lowest BCUT2D eigenvalue weighted by atomic mass is 9.90. The predicted molar refractivity (Wildman–Crippen MR) is 70.5 cm³/mol. The number of ether oxygens (including phenoxy) is 2. The van der Waals surface area contributed by atoms with Gasteiger partial charge in [-0.05, 0) is 18.8 Å². The molecule has 2 fully saturated rings. The predicted octanol–water partition coefficient (Wildman–Crippen LogP) is 0.346. The zero-order chi connectivity index (χ0) is 14.4. The summed E-state index contributed by atoms with van der Waals surface area (Å²) in [5.41, 5.74) is -1.20. The molecule has 7 heteroatoms. The van der Waals surface area contributed by atoms with Gasteiger partial charge in [-0.2, -0.15) is 0 Å². The van der Waals surface area contributed by atoms with Crippen LogP contribution in [0.4, 0.5) is 4.79 Å². The van der Waals surface area contributed by atoms with E-state index in [1.807, 2.05) is 0 Å². The van der Waals surface area contributed by atoms with Gasteiger partial charge in [0.25, 0.3) is 0 Å². The lowest BCUT2D eigenvalue weighted by molar-refractivity contribution is -0.148. The molecule has 2 heterocycles. The third-order valence-electron chi connectivity index (χ3n) is 3.97. The third kappa shape index (κ3) is 3.83. The molecule has 0 radical (unpaired) electrons. The molecule has 2 amide bonds. The Hall–Kier alpha value is -1.34. The van der Waals surface area contributed by atoms with E-state index in [-0.39, 0.29) is 0 Å². The molecule has 0 aromatic heterocycles. The van der Waals surface area contributed by atoms with Crippen molar-refractivity contribution in [2.24, 2.45) is 5.92 Å². The van der Waals surface area contributed by atoms with E-state index in [0.717, 1.165) is 26.1 Å². The molecule has 7 nitrogen and oxygen atoms in total. The summed E-state index contributed by atoms with van der Waals surface area (Å²) in [6.07, 6.45) is 2.48. The van der Waals surface area contributed by atoms with E-state index in [9.17, 15) is 14.7 Å². The Morgan fingerprint density at radius 3 is 2.55 bits per heavy atom. The number of hydrogen-bond acceptors (Lipinski definition) is 4. The van der Waals surface area contributed by atoms with Crippen LogP contribution < -0.4 is 10.6 Å². The number of hydrogen-bond donors (Lipinski definition) is 3. The average Bonchev–Trinajstić information content (AvgIpc) is 2.93. The minimum Gasteiger partial charge on any atom is -0.480 e. The van der Waals surface area contributed by atoms with Crippen molar-refractivity contribution in [3.05, 3.63) is 0 Å². The summed E-state index contributed by atoms with van der Waals surface area (Å²) in [6, 6.07) is -0.423. The van der Waals surface area contributed by atoms with Gasteiger partial charge in [0, 0.05) is 45.8 Å². The molecule has 1 atom stereocenters. The number of amides is 2. The summed E-state index contributed by atoms with van der Waals surface area (Å²) >= 11 is 0. The summed E-state index contributed by atoms with van der Waals surface area (Å²) in [5.74, 6) is -0.507. The first kappa shape index (κ1) is 15.1. The highest BCUT2D eigenvalue weighted by Crippen LogP contribution is 2.21. The van der Waals surface area contributed by atoms with Gasteiger partial charge >= 0.3 is 12.0 Å². The maximum Gasteiger partial charge on any atom is 0.329 e. The number of rotatable bonds is 5. The average molecular weight is 286 g/mol. The number of carbonyl (C=O) groups excluding carboxylic acids is 1. The molecule has 0 spiro atoms. The first-order valence-corrected chi connectivity index (χ1v) is 7.07. The Balaban J connectivity index is 1.75. The van der Waals surface area contributed by atoms with Crippen molar-refractivity contribution in [3.63, 3.8) is 0 Å². The van der Waals surface area contributed by atoms with Gasteiger partial charge < -0.3 is 25.2 Å². The molecule has 0 aromatic rings. The number of carboxylic acids is 1. The van der Waals surface area contributed by atoms with Crippen molar-refractivity contribution in [1.82, 2.24) is 10.6 Å². The lowest BCUT2D eigenvalue weighted by Gasteiger charge is -2.33. The van der Waals surface area contributed by atoms with Gasteiger partial charge in [0.15, 0.2) is 0 Å². The van der Waals surface area contributed by atoms with Crippen molar-refractivity contribution in [2.45, 2.75) is 31.2 Å². The first-order chi connectivity index (χ1) is 9.62. The highest BCUT2D eigenvalue weighted by atomic mass is 16.5. The minimum atomic E-state index is -1.20. The zero-order valence-corrected chi connectivity index (χ0v) is 11.5. The standard InChI is InChI=1S/C13H22N2O5/c16-11(17)13(3-7-19-8-4-13)15-12(18)14-5-1-10-2-6-20-9-10/h10H,1-9H2,(H,16,17)(H2,14,15,18). The highest BCUT2D eigenvalue weighted by molar-refractivity contribution is 5.86. The van der Waals surface area contributed by atoms with Crippen LogP contribution in [0.5, 0.6) is 0 Å². The van der Waals surface area contributed by atoms with Crippen molar-refractivity contribution < 1.29 is 24.2 Å². The SMILES string of the molecule is O=C(NCCC1CCOC1)NC1(C(=O)O)CCOCC1. The van der Waals surface area contributed by atoms with E-state index in [4.69, 9.17) is 9.47 Å². The molecule has 0 aromatic carbocycles. The molecule has 0 saturated carbocycles. The van der Waals surface area contributed by atoms with E-state index >= 15 is 0 Å². The molecule has 0 bridgehead atoms. The maximum absolute atomic E-state index is 11.8. The van der Waals surface area contributed by atoms with Crippen molar-refractivity contribution >= 4 is 12.0 Å². The monoisotopic (exact) mass is 286 g/mol. The molecule has 3 N–H and O–H groups in total. The van der Waals surface area contributed by atoms with Gasteiger partial charge in [-0.1, -0.05) is 0 Å². The Kier molecular flexibility index (Phi) is 5.19. The van der Waals surface area contributed by atoms with E-state index < -0.39 is 17.5 Å². The summed E-state index contributed by atoms with van der Waals surface area (Å²) < 4.78 is 10.4. The Morgan fingerprint density at radius 2 is 1.95 bits per heavy atom.